The summed E-state index contributed by atoms with van der Waals surface area (Å²) in [7, 11) is 1.61. The summed E-state index contributed by atoms with van der Waals surface area (Å²) in [6.45, 7) is 0. The molecule has 1 aliphatic rings. The topological polar surface area (TPSA) is 52.3 Å². The third-order valence-corrected chi connectivity index (χ3v) is 2.96. The highest BCUT2D eigenvalue weighted by Gasteiger charge is 2.29. The Morgan fingerprint density at radius 1 is 1.35 bits per heavy atom. The minimum absolute atomic E-state index is 0.110. The van der Waals surface area contributed by atoms with Crippen molar-refractivity contribution >= 4 is 5.78 Å². The largest absolute Gasteiger partial charge is 0.497 e. The normalized spacial score (nSPS) is 13.8. The van der Waals surface area contributed by atoms with E-state index in [9.17, 15) is 4.79 Å². The molecule has 1 aliphatic carbocycles. The average molecular weight is 229 g/mol. The molecule has 4 heteroatoms. The van der Waals surface area contributed by atoms with Gasteiger partial charge in [-0.25, -0.2) is 0 Å². The van der Waals surface area contributed by atoms with Crippen LogP contribution in [0.5, 0.6) is 5.75 Å². The summed E-state index contributed by atoms with van der Waals surface area (Å²) < 4.78 is 10.3. The van der Waals surface area contributed by atoms with Crippen molar-refractivity contribution < 1.29 is 14.1 Å². The summed E-state index contributed by atoms with van der Waals surface area (Å²) in [6.07, 6.45) is 1.18. The Hall–Kier alpha value is -2.10. The Morgan fingerprint density at radius 3 is 3.06 bits per heavy atom. The third kappa shape index (κ3) is 1.53. The molecule has 2 aromatic rings. The van der Waals surface area contributed by atoms with Crippen LogP contribution in [-0.4, -0.2) is 18.0 Å². The van der Waals surface area contributed by atoms with Crippen molar-refractivity contribution in [2.24, 2.45) is 0 Å². The summed E-state index contributed by atoms with van der Waals surface area (Å²) in [6, 6.07) is 7.47. The second kappa shape index (κ2) is 3.73. The van der Waals surface area contributed by atoms with Gasteiger partial charge in [-0.05, 0) is 12.1 Å². The number of carbonyl (C=O) groups is 1. The molecular formula is C13H11NO3. The van der Waals surface area contributed by atoms with Gasteiger partial charge in [-0.2, -0.15) is 0 Å². The summed E-state index contributed by atoms with van der Waals surface area (Å²) in [5, 5.41) is 3.98. The quantitative estimate of drug-likeness (QED) is 0.793. The second-order valence-corrected chi connectivity index (χ2v) is 3.98. The maximum Gasteiger partial charge on any atom is 0.169 e. The van der Waals surface area contributed by atoms with E-state index in [1.165, 1.54) is 0 Å². The smallest absolute Gasteiger partial charge is 0.169 e. The van der Waals surface area contributed by atoms with Crippen molar-refractivity contribution in [3.8, 4) is 17.0 Å². The van der Waals surface area contributed by atoms with E-state index < -0.39 is 0 Å². The molecule has 0 atom stereocenters. The molecule has 0 radical (unpaired) electrons. The number of aryl methyl sites for hydroxylation is 1. The number of nitrogens with zero attached hydrogens (tertiary/aromatic N) is 1. The minimum Gasteiger partial charge on any atom is -0.497 e. The highest BCUT2D eigenvalue weighted by atomic mass is 16.5. The lowest BCUT2D eigenvalue weighted by Crippen LogP contribution is -1.94. The molecule has 1 heterocycles. The summed E-state index contributed by atoms with van der Waals surface area (Å²) >= 11 is 0. The van der Waals surface area contributed by atoms with E-state index in [0.29, 0.717) is 29.9 Å². The van der Waals surface area contributed by atoms with E-state index in [1.54, 1.807) is 7.11 Å². The van der Waals surface area contributed by atoms with E-state index in [0.717, 1.165) is 11.3 Å². The van der Waals surface area contributed by atoms with Gasteiger partial charge in [-0.3, -0.25) is 4.79 Å². The van der Waals surface area contributed by atoms with Gasteiger partial charge in [-0.1, -0.05) is 17.3 Å². The van der Waals surface area contributed by atoms with Crippen molar-refractivity contribution in [2.75, 3.05) is 7.11 Å². The lowest BCUT2D eigenvalue weighted by atomic mass is 10.1. The Labute approximate surface area is 98.2 Å². The zero-order valence-corrected chi connectivity index (χ0v) is 9.40. The SMILES string of the molecule is COc1cccc(-c2noc3c2C(=O)CC3)c1. The van der Waals surface area contributed by atoms with Gasteiger partial charge in [0.15, 0.2) is 5.78 Å². The molecule has 0 N–H and O–H groups in total. The number of aromatic nitrogens is 1. The van der Waals surface area contributed by atoms with Crippen LogP contribution < -0.4 is 4.74 Å². The molecular weight excluding hydrogens is 218 g/mol. The first kappa shape index (κ1) is 10.1. The number of fused-ring (bicyclic) bond motifs is 1. The van der Waals surface area contributed by atoms with Crippen molar-refractivity contribution in [1.82, 2.24) is 5.16 Å². The van der Waals surface area contributed by atoms with E-state index >= 15 is 0 Å². The molecule has 1 aromatic carbocycles. The molecule has 0 saturated carbocycles. The van der Waals surface area contributed by atoms with Crippen LogP contribution in [0.4, 0.5) is 0 Å². The predicted molar refractivity (Wildman–Crippen MR) is 61.1 cm³/mol. The molecule has 0 aliphatic heterocycles. The Balaban J connectivity index is 2.13. The number of ketones is 1. The first-order chi connectivity index (χ1) is 8.29. The Morgan fingerprint density at radius 2 is 2.24 bits per heavy atom. The van der Waals surface area contributed by atoms with Crippen molar-refractivity contribution in [3.05, 3.63) is 35.6 Å². The number of methoxy groups -OCH3 is 1. The van der Waals surface area contributed by atoms with Crippen LogP contribution in [0, 0.1) is 0 Å². The van der Waals surface area contributed by atoms with Gasteiger partial charge in [0.05, 0.1) is 12.7 Å². The first-order valence-electron chi connectivity index (χ1n) is 5.46. The van der Waals surface area contributed by atoms with E-state index in [1.807, 2.05) is 24.3 Å². The lowest BCUT2D eigenvalue weighted by molar-refractivity contribution is 0.0995. The van der Waals surface area contributed by atoms with Crippen LogP contribution in [0.1, 0.15) is 22.5 Å². The molecule has 0 unspecified atom stereocenters. The number of ether oxygens (including phenoxy) is 1. The highest BCUT2D eigenvalue weighted by Crippen LogP contribution is 2.33. The predicted octanol–water partition coefficient (Wildman–Crippen LogP) is 2.48. The van der Waals surface area contributed by atoms with E-state index in [2.05, 4.69) is 5.16 Å². The van der Waals surface area contributed by atoms with Crippen molar-refractivity contribution in [1.29, 1.82) is 0 Å². The third-order valence-electron chi connectivity index (χ3n) is 2.96. The lowest BCUT2D eigenvalue weighted by Gasteiger charge is -2.02. The zero-order chi connectivity index (χ0) is 11.8. The van der Waals surface area contributed by atoms with Crippen molar-refractivity contribution in [3.63, 3.8) is 0 Å². The van der Waals surface area contributed by atoms with Gasteiger partial charge in [0.1, 0.15) is 17.2 Å². The molecule has 86 valence electrons. The first-order valence-corrected chi connectivity index (χ1v) is 5.46. The minimum atomic E-state index is 0.110. The maximum atomic E-state index is 11.7. The van der Waals surface area contributed by atoms with Gasteiger partial charge < -0.3 is 9.26 Å². The second-order valence-electron chi connectivity index (χ2n) is 3.98. The average Bonchev–Trinajstić information content (AvgIpc) is 2.93. The fourth-order valence-electron chi connectivity index (χ4n) is 2.10. The number of Topliss-reactive ketones (excluding diaryl/α,β-unsaturated/α-hetero) is 1. The molecule has 0 amide bonds. The van der Waals surface area contributed by atoms with E-state index in [4.69, 9.17) is 9.26 Å². The molecule has 4 nitrogen and oxygen atoms in total. The number of benzene rings is 1. The molecule has 1 aromatic heterocycles. The standard InChI is InChI=1S/C13H11NO3/c1-16-9-4-2-3-8(7-9)13-12-10(15)5-6-11(12)17-14-13/h2-4,7H,5-6H2,1H3. The van der Waals surface area contributed by atoms with E-state index in [-0.39, 0.29) is 5.78 Å². The number of rotatable bonds is 2. The maximum absolute atomic E-state index is 11.7. The fourth-order valence-corrected chi connectivity index (χ4v) is 2.10. The summed E-state index contributed by atoms with van der Waals surface area (Å²) in [5.74, 6) is 1.55. The van der Waals surface area contributed by atoms with Crippen LogP contribution in [0.3, 0.4) is 0 Å². The molecule has 17 heavy (non-hydrogen) atoms. The summed E-state index contributed by atoms with van der Waals surface area (Å²) in [5.41, 5.74) is 2.12. The molecule has 0 fully saturated rings. The van der Waals surface area contributed by atoms with Crippen LogP contribution in [0.25, 0.3) is 11.3 Å². The molecule has 3 rings (SSSR count). The Bertz CT molecular complexity index is 586. The number of hydrogen-bond donors (Lipinski definition) is 0. The molecule has 0 saturated heterocycles. The number of hydrogen-bond acceptors (Lipinski definition) is 4. The molecule has 0 bridgehead atoms. The highest BCUT2D eigenvalue weighted by molar-refractivity contribution is 6.04. The molecule has 0 spiro atoms. The zero-order valence-electron chi connectivity index (χ0n) is 9.40. The van der Waals surface area contributed by atoms with Crippen LogP contribution in [-0.2, 0) is 6.42 Å². The summed E-state index contributed by atoms with van der Waals surface area (Å²) in [4.78, 5) is 11.7. The monoisotopic (exact) mass is 229 g/mol. The van der Waals surface area contributed by atoms with Gasteiger partial charge in [0.2, 0.25) is 0 Å². The van der Waals surface area contributed by atoms with Crippen molar-refractivity contribution in [2.45, 2.75) is 12.8 Å². The Kier molecular flexibility index (Phi) is 2.21. The van der Waals surface area contributed by atoms with Gasteiger partial charge >= 0.3 is 0 Å². The number of carbonyl (C=O) groups excluding carboxylic acids is 1. The van der Waals surface area contributed by atoms with Gasteiger partial charge in [0.25, 0.3) is 0 Å². The fraction of sp³-hybridized carbons (Fsp3) is 0.231. The van der Waals surface area contributed by atoms with Crippen LogP contribution in [0.2, 0.25) is 0 Å². The van der Waals surface area contributed by atoms with Crippen LogP contribution >= 0.6 is 0 Å². The van der Waals surface area contributed by atoms with Crippen LogP contribution in [0.15, 0.2) is 28.8 Å². The van der Waals surface area contributed by atoms with Gasteiger partial charge in [-0.15, -0.1) is 0 Å². The van der Waals surface area contributed by atoms with Gasteiger partial charge in [0, 0.05) is 18.4 Å².